The van der Waals surface area contributed by atoms with Gasteiger partial charge in [0.25, 0.3) is 6.43 Å². The van der Waals surface area contributed by atoms with Crippen molar-refractivity contribution in [3.8, 4) is 0 Å². The lowest BCUT2D eigenvalue weighted by Crippen LogP contribution is -2.42. The van der Waals surface area contributed by atoms with Crippen LogP contribution in [-0.4, -0.2) is 31.7 Å². The molecule has 1 fully saturated rings. The number of halogens is 2. The lowest BCUT2D eigenvalue weighted by atomic mass is 10.0. The second-order valence-electron chi connectivity index (χ2n) is 4.27. The van der Waals surface area contributed by atoms with Crippen molar-refractivity contribution >= 4 is 0 Å². The van der Waals surface area contributed by atoms with Crippen molar-refractivity contribution < 1.29 is 13.5 Å². The second-order valence-corrected chi connectivity index (χ2v) is 4.27. The summed E-state index contributed by atoms with van der Waals surface area (Å²) in [6.07, 6.45) is 2.72. The molecule has 0 amide bonds. The van der Waals surface area contributed by atoms with E-state index in [1.807, 2.05) is 0 Å². The topological polar surface area (TPSA) is 21.3 Å². The highest BCUT2D eigenvalue weighted by molar-refractivity contribution is 4.88. The van der Waals surface area contributed by atoms with Crippen LogP contribution in [-0.2, 0) is 4.74 Å². The first-order valence-electron chi connectivity index (χ1n) is 5.81. The summed E-state index contributed by atoms with van der Waals surface area (Å²) in [5, 5.41) is 3.27. The molecule has 0 spiro atoms. The predicted molar refractivity (Wildman–Crippen MR) is 56.3 cm³/mol. The SMILES string of the molecule is CCCNCC1(OCC(F)F)CCCC1. The Hall–Kier alpha value is -0.220. The number of alkyl halides is 2. The van der Waals surface area contributed by atoms with Gasteiger partial charge in [-0.3, -0.25) is 0 Å². The van der Waals surface area contributed by atoms with Crippen LogP contribution in [0.4, 0.5) is 8.78 Å². The van der Waals surface area contributed by atoms with E-state index >= 15 is 0 Å². The number of nitrogens with one attached hydrogen (secondary N) is 1. The molecular weight excluding hydrogens is 200 g/mol. The smallest absolute Gasteiger partial charge is 0.261 e. The Kier molecular flexibility index (Phi) is 5.47. The van der Waals surface area contributed by atoms with Crippen LogP contribution in [0.2, 0.25) is 0 Å². The number of ether oxygens (including phenoxy) is 1. The van der Waals surface area contributed by atoms with Crippen molar-refractivity contribution in [3.05, 3.63) is 0 Å². The van der Waals surface area contributed by atoms with E-state index in [2.05, 4.69) is 12.2 Å². The molecule has 90 valence electrons. The summed E-state index contributed by atoms with van der Waals surface area (Å²) in [7, 11) is 0. The van der Waals surface area contributed by atoms with E-state index in [-0.39, 0.29) is 5.60 Å². The summed E-state index contributed by atoms with van der Waals surface area (Å²) < 4.78 is 29.6. The summed E-state index contributed by atoms with van der Waals surface area (Å²) >= 11 is 0. The van der Waals surface area contributed by atoms with E-state index in [0.29, 0.717) is 6.54 Å². The Morgan fingerprint density at radius 3 is 2.53 bits per heavy atom. The highest BCUT2D eigenvalue weighted by atomic mass is 19.3. The molecule has 1 aliphatic rings. The zero-order chi connectivity index (χ0) is 11.1. The van der Waals surface area contributed by atoms with Gasteiger partial charge in [-0.05, 0) is 25.8 Å². The average molecular weight is 221 g/mol. The summed E-state index contributed by atoms with van der Waals surface area (Å²) in [4.78, 5) is 0. The predicted octanol–water partition coefficient (Wildman–Crippen LogP) is 2.58. The van der Waals surface area contributed by atoms with Crippen LogP contribution < -0.4 is 5.32 Å². The molecule has 1 aliphatic carbocycles. The molecule has 0 bridgehead atoms. The van der Waals surface area contributed by atoms with E-state index in [1.165, 1.54) is 0 Å². The van der Waals surface area contributed by atoms with Gasteiger partial charge in [0.05, 0.1) is 5.60 Å². The Morgan fingerprint density at radius 2 is 2.00 bits per heavy atom. The van der Waals surface area contributed by atoms with E-state index in [4.69, 9.17) is 4.74 Å². The number of rotatable bonds is 7. The molecule has 1 N–H and O–H groups in total. The monoisotopic (exact) mass is 221 g/mol. The molecule has 0 saturated heterocycles. The average Bonchev–Trinajstić information content (AvgIpc) is 2.65. The quantitative estimate of drug-likeness (QED) is 0.667. The van der Waals surface area contributed by atoms with Crippen LogP contribution >= 0.6 is 0 Å². The van der Waals surface area contributed by atoms with Crippen LogP contribution in [0.15, 0.2) is 0 Å². The first-order valence-corrected chi connectivity index (χ1v) is 5.81. The molecule has 0 radical (unpaired) electrons. The third kappa shape index (κ3) is 4.43. The fourth-order valence-electron chi connectivity index (χ4n) is 2.12. The lowest BCUT2D eigenvalue weighted by molar-refractivity contribution is -0.0843. The molecule has 0 aromatic rings. The summed E-state index contributed by atoms with van der Waals surface area (Å²) in [6.45, 7) is 3.31. The minimum absolute atomic E-state index is 0.314. The fraction of sp³-hybridized carbons (Fsp3) is 1.00. The summed E-state index contributed by atoms with van der Waals surface area (Å²) in [6, 6.07) is 0. The van der Waals surface area contributed by atoms with Gasteiger partial charge < -0.3 is 10.1 Å². The minimum Gasteiger partial charge on any atom is -0.368 e. The highest BCUT2D eigenvalue weighted by Gasteiger charge is 2.35. The van der Waals surface area contributed by atoms with Crippen LogP contribution in [0.3, 0.4) is 0 Å². The molecule has 0 heterocycles. The third-order valence-electron chi connectivity index (χ3n) is 2.90. The number of hydrogen-bond donors (Lipinski definition) is 1. The molecule has 0 atom stereocenters. The Morgan fingerprint density at radius 1 is 1.33 bits per heavy atom. The highest BCUT2D eigenvalue weighted by Crippen LogP contribution is 2.33. The van der Waals surface area contributed by atoms with Crippen molar-refractivity contribution in [3.63, 3.8) is 0 Å². The second kappa shape index (κ2) is 6.38. The van der Waals surface area contributed by atoms with Crippen LogP contribution in [0, 0.1) is 0 Å². The van der Waals surface area contributed by atoms with Crippen molar-refractivity contribution in [1.82, 2.24) is 5.32 Å². The molecule has 0 aliphatic heterocycles. The maximum Gasteiger partial charge on any atom is 0.261 e. The molecule has 15 heavy (non-hydrogen) atoms. The molecule has 2 nitrogen and oxygen atoms in total. The molecule has 0 aromatic heterocycles. The lowest BCUT2D eigenvalue weighted by Gasteiger charge is -2.29. The van der Waals surface area contributed by atoms with Gasteiger partial charge in [0.15, 0.2) is 0 Å². The van der Waals surface area contributed by atoms with E-state index in [1.54, 1.807) is 0 Å². The molecular formula is C11H21F2NO. The first-order chi connectivity index (χ1) is 7.18. The Balaban J connectivity index is 2.32. The van der Waals surface area contributed by atoms with Gasteiger partial charge in [-0.2, -0.15) is 0 Å². The standard InChI is InChI=1S/C11H21F2NO/c1-2-7-14-9-11(5-3-4-6-11)15-8-10(12)13/h10,14H,2-9H2,1H3. The Bertz CT molecular complexity index is 170. The summed E-state index contributed by atoms with van der Waals surface area (Å²) in [5.74, 6) is 0. The van der Waals surface area contributed by atoms with Crippen molar-refractivity contribution in [1.29, 1.82) is 0 Å². The van der Waals surface area contributed by atoms with E-state index < -0.39 is 13.0 Å². The fourth-order valence-corrected chi connectivity index (χ4v) is 2.12. The Labute approximate surface area is 90.4 Å². The zero-order valence-electron chi connectivity index (χ0n) is 9.40. The first kappa shape index (κ1) is 12.8. The third-order valence-corrected chi connectivity index (χ3v) is 2.90. The minimum atomic E-state index is -2.35. The largest absolute Gasteiger partial charge is 0.368 e. The van der Waals surface area contributed by atoms with Gasteiger partial charge in [0.2, 0.25) is 0 Å². The van der Waals surface area contributed by atoms with Crippen molar-refractivity contribution in [2.75, 3.05) is 19.7 Å². The maximum absolute atomic E-state index is 12.1. The number of hydrogen-bond acceptors (Lipinski definition) is 2. The molecule has 4 heteroatoms. The van der Waals surface area contributed by atoms with Gasteiger partial charge in [0, 0.05) is 6.54 Å². The molecule has 0 unspecified atom stereocenters. The van der Waals surface area contributed by atoms with Crippen molar-refractivity contribution in [2.45, 2.75) is 51.1 Å². The van der Waals surface area contributed by atoms with Gasteiger partial charge in [-0.25, -0.2) is 8.78 Å². The molecule has 0 aromatic carbocycles. The summed E-state index contributed by atoms with van der Waals surface area (Å²) in [5.41, 5.74) is -0.314. The van der Waals surface area contributed by atoms with Crippen LogP contribution in [0.1, 0.15) is 39.0 Å². The van der Waals surface area contributed by atoms with Crippen molar-refractivity contribution in [2.24, 2.45) is 0 Å². The van der Waals surface area contributed by atoms with Crippen LogP contribution in [0.5, 0.6) is 0 Å². The molecule has 1 rings (SSSR count). The zero-order valence-corrected chi connectivity index (χ0v) is 9.40. The van der Waals surface area contributed by atoms with Crippen LogP contribution in [0.25, 0.3) is 0 Å². The normalized spacial score (nSPS) is 20.0. The maximum atomic E-state index is 12.1. The van der Waals surface area contributed by atoms with Gasteiger partial charge in [-0.1, -0.05) is 19.8 Å². The molecule has 1 saturated carbocycles. The van der Waals surface area contributed by atoms with Gasteiger partial charge in [0.1, 0.15) is 6.61 Å². The van der Waals surface area contributed by atoms with E-state index in [9.17, 15) is 8.78 Å². The van der Waals surface area contributed by atoms with Gasteiger partial charge >= 0.3 is 0 Å². The van der Waals surface area contributed by atoms with E-state index in [0.717, 1.165) is 38.6 Å². The van der Waals surface area contributed by atoms with Gasteiger partial charge in [-0.15, -0.1) is 0 Å².